The van der Waals surface area contributed by atoms with Gasteiger partial charge in [0, 0.05) is 18.3 Å². The number of thioether (sulfide) groups is 1. The molecule has 24 heavy (non-hydrogen) atoms. The summed E-state index contributed by atoms with van der Waals surface area (Å²) in [5, 5.41) is 4.58. The molecule has 0 unspecified atom stereocenters. The maximum atomic E-state index is 12.5. The molecular formula is C16H19N5O2S. The zero-order valence-corrected chi connectivity index (χ0v) is 14.3. The molecule has 0 aliphatic rings. The summed E-state index contributed by atoms with van der Waals surface area (Å²) in [6.45, 7) is 4.00. The van der Waals surface area contributed by atoms with Crippen LogP contribution in [0.3, 0.4) is 0 Å². The quantitative estimate of drug-likeness (QED) is 0.565. The molecule has 0 saturated heterocycles. The van der Waals surface area contributed by atoms with Crippen molar-refractivity contribution in [1.82, 2.24) is 20.6 Å². The SMILES string of the molecule is CCNC(=O)NC(=O)[C@@H](Sc1nc(C)cc(N)n1)c1ccccc1. The first-order valence-electron chi connectivity index (χ1n) is 7.41. The van der Waals surface area contributed by atoms with Crippen LogP contribution < -0.4 is 16.4 Å². The van der Waals surface area contributed by atoms with Gasteiger partial charge in [-0.1, -0.05) is 42.1 Å². The minimum atomic E-state index is -0.671. The Kier molecular flexibility index (Phi) is 6.14. The molecule has 0 aliphatic heterocycles. The highest BCUT2D eigenvalue weighted by Gasteiger charge is 2.25. The molecule has 1 aromatic carbocycles. The molecule has 2 rings (SSSR count). The molecule has 7 nitrogen and oxygen atoms in total. The van der Waals surface area contributed by atoms with Gasteiger partial charge in [-0.05, 0) is 19.4 Å². The summed E-state index contributed by atoms with van der Waals surface area (Å²) in [4.78, 5) is 32.6. The Hall–Kier alpha value is -2.61. The van der Waals surface area contributed by atoms with E-state index in [2.05, 4.69) is 20.6 Å². The van der Waals surface area contributed by atoms with Gasteiger partial charge in [0.25, 0.3) is 0 Å². The molecule has 1 atom stereocenters. The number of hydrogen-bond donors (Lipinski definition) is 3. The highest BCUT2D eigenvalue weighted by Crippen LogP contribution is 2.33. The molecular weight excluding hydrogens is 326 g/mol. The fourth-order valence-electron chi connectivity index (χ4n) is 2.01. The molecule has 126 valence electrons. The first-order valence-corrected chi connectivity index (χ1v) is 8.29. The lowest BCUT2D eigenvalue weighted by molar-refractivity contribution is -0.119. The lowest BCUT2D eigenvalue weighted by Crippen LogP contribution is -2.41. The molecule has 3 amide bonds. The number of nitrogens with two attached hydrogens (primary N) is 1. The number of nitrogens with zero attached hydrogens (tertiary/aromatic N) is 2. The predicted molar refractivity (Wildman–Crippen MR) is 93.4 cm³/mol. The summed E-state index contributed by atoms with van der Waals surface area (Å²) < 4.78 is 0. The van der Waals surface area contributed by atoms with Gasteiger partial charge in [0.1, 0.15) is 11.1 Å². The number of imide groups is 1. The number of nitrogen functional groups attached to an aromatic ring is 1. The molecule has 0 spiro atoms. The number of rotatable bonds is 5. The second kappa shape index (κ2) is 8.30. The van der Waals surface area contributed by atoms with Gasteiger partial charge in [0.2, 0.25) is 5.91 Å². The Balaban J connectivity index is 2.26. The number of hydrogen-bond acceptors (Lipinski definition) is 6. The third-order valence-corrected chi connectivity index (χ3v) is 4.11. The Morgan fingerprint density at radius 2 is 1.96 bits per heavy atom. The van der Waals surface area contributed by atoms with E-state index in [1.807, 2.05) is 30.3 Å². The van der Waals surface area contributed by atoms with Crippen molar-refractivity contribution in [3.8, 4) is 0 Å². The van der Waals surface area contributed by atoms with Crippen molar-refractivity contribution in [3.63, 3.8) is 0 Å². The summed E-state index contributed by atoms with van der Waals surface area (Å²) in [6, 6.07) is 10.3. The molecule has 8 heteroatoms. The van der Waals surface area contributed by atoms with Crippen LogP contribution in [0, 0.1) is 6.92 Å². The van der Waals surface area contributed by atoms with E-state index in [0.717, 1.165) is 17.3 Å². The fraction of sp³-hybridized carbons (Fsp3) is 0.250. The number of benzene rings is 1. The van der Waals surface area contributed by atoms with Gasteiger partial charge in [-0.3, -0.25) is 10.1 Å². The Morgan fingerprint density at radius 1 is 1.25 bits per heavy atom. The smallest absolute Gasteiger partial charge is 0.321 e. The van der Waals surface area contributed by atoms with E-state index >= 15 is 0 Å². The molecule has 1 aromatic heterocycles. The van der Waals surface area contributed by atoms with E-state index < -0.39 is 17.2 Å². The zero-order chi connectivity index (χ0) is 17.5. The lowest BCUT2D eigenvalue weighted by Gasteiger charge is -2.16. The van der Waals surface area contributed by atoms with Crippen molar-refractivity contribution in [1.29, 1.82) is 0 Å². The number of aryl methyl sites for hydroxylation is 1. The minimum Gasteiger partial charge on any atom is -0.384 e. The average Bonchev–Trinajstić information content (AvgIpc) is 2.52. The maximum absolute atomic E-state index is 12.5. The molecule has 0 radical (unpaired) electrons. The topological polar surface area (TPSA) is 110 Å². The van der Waals surface area contributed by atoms with Gasteiger partial charge in [-0.2, -0.15) is 0 Å². The Bertz CT molecular complexity index is 703. The standard InChI is InChI=1S/C16H19N5O2S/c1-3-18-15(23)21-14(22)13(11-7-5-4-6-8-11)24-16-19-10(2)9-12(17)20-16/h4-9,13H,3H2,1-2H3,(H2,17,19,20)(H2,18,21,22,23)/t13-/m0/s1. The lowest BCUT2D eigenvalue weighted by atomic mass is 10.1. The number of nitrogens with one attached hydrogen (secondary N) is 2. The normalized spacial score (nSPS) is 11.6. The van der Waals surface area contributed by atoms with E-state index in [1.54, 1.807) is 19.9 Å². The highest BCUT2D eigenvalue weighted by molar-refractivity contribution is 8.00. The van der Waals surface area contributed by atoms with Crippen molar-refractivity contribution in [2.75, 3.05) is 12.3 Å². The van der Waals surface area contributed by atoms with Crippen molar-refractivity contribution in [2.24, 2.45) is 0 Å². The summed E-state index contributed by atoms with van der Waals surface area (Å²) >= 11 is 1.14. The van der Waals surface area contributed by atoms with Gasteiger partial charge in [-0.15, -0.1) is 0 Å². The van der Waals surface area contributed by atoms with Gasteiger partial charge < -0.3 is 11.1 Å². The number of carbonyl (C=O) groups is 2. The third-order valence-electron chi connectivity index (χ3n) is 2.99. The monoisotopic (exact) mass is 345 g/mol. The van der Waals surface area contributed by atoms with E-state index in [9.17, 15) is 9.59 Å². The van der Waals surface area contributed by atoms with Crippen LogP contribution in [0.2, 0.25) is 0 Å². The summed E-state index contributed by atoms with van der Waals surface area (Å²) in [6.07, 6.45) is 0. The molecule has 0 saturated carbocycles. The molecule has 0 aliphatic carbocycles. The molecule has 2 aromatic rings. The molecule has 0 fully saturated rings. The van der Waals surface area contributed by atoms with Gasteiger partial charge in [-0.25, -0.2) is 14.8 Å². The number of amides is 3. The average molecular weight is 345 g/mol. The molecule has 4 N–H and O–H groups in total. The molecule has 1 heterocycles. The Labute approximate surface area is 144 Å². The third kappa shape index (κ3) is 4.95. The second-order valence-corrected chi connectivity index (χ2v) is 6.05. The number of carbonyl (C=O) groups excluding carboxylic acids is 2. The second-order valence-electron chi connectivity index (χ2n) is 4.97. The maximum Gasteiger partial charge on any atom is 0.321 e. The van der Waals surface area contributed by atoms with Crippen LogP contribution in [0.4, 0.5) is 10.6 Å². The fourth-order valence-corrected chi connectivity index (χ4v) is 3.03. The van der Waals surface area contributed by atoms with Crippen LogP contribution in [-0.4, -0.2) is 28.5 Å². The van der Waals surface area contributed by atoms with Crippen LogP contribution >= 0.6 is 11.8 Å². The number of aromatic nitrogens is 2. The van der Waals surface area contributed by atoms with E-state index in [4.69, 9.17) is 5.73 Å². The molecule has 0 bridgehead atoms. The van der Waals surface area contributed by atoms with Crippen LogP contribution in [0.1, 0.15) is 23.4 Å². The van der Waals surface area contributed by atoms with E-state index in [1.165, 1.54) is 0 Å². The van der Waals surface area contributed by atoms with E-state index in [-0.39, 0.29) is 0 Å². The number of urea groups is 1. The van der Waals surface area contributed by atoms with Gasteiger partial charge in [0.05, 0.1) is 0 Å². The summed E-state index contributed by atoms with van der Waals surface area (Å²) in [5.74, 6) is -0.109. The first-order chi connectivity index (χ1) is 11.5. The van der Waals surface area contributed by atoms with Crippen molar-refractivity contribution in [3.05, 3.63) is 47.7 Å². The highest BCUT2D eigenvalue weighted by atomic mass is 32.2. The summed E-state index contributed by atoms with van der Waals surface area (Å²) in [5.41, 5.74) is 7.19. The Morgan fingerprint density at radius 3 is 2.58 bits per heavy atom. The largest absolute Gasteiger partial charge is 0.384 e. The van der Waals surface area contributed by atoms with Crippen LogP contribution in [0.25, 0.3) is 0 Å². The van der Waals surface area contributed by atoms with Gasteiger partial charge >= 0.3 is 6.03 Å². The zero-order valence-electron chi connectivity index (χ0n) is 13.4. The van der Waals surface area contributed by atoms with E-state index in [0.29, 0.717) is 23.2 Å². The van der Waals surface area contributed by atoms with Gasteiger partial charge in [0.15, 0.2) is 5.16 Å². The van der Waals surface area contributed by atoms with Crippen molar-refractivity contribution in [2.45, 2.75) is 24.3 Å². The first kappa shape index (κ1) is 17.7. The van der Waals surface area contributed by atoms with Crippen LogP contribution in [0.5, 0.6) is 0 Å². The predicted octanol–water partition coefficient (Wildman–Crippen LogP) is 2.05. The van der Waals surface area contributed by atoms with Crippen molar-refractivity contribution >= 4 is 29.5 Å². The van der Waals surface area contributed by atoms with Crippen LogP contribution in [-0.2, 0) is 4.79 Å². The summed E-state index contributed by atoms with van der Waals surface area (Å²) in [7, 11) is 0. The number of anilines is 1. The minimum absolute atomic E-state index is 0.334. The van der Waals surface area contributed by atoms with Crippen LogP contribution in [0.15, 0.2) is 41.6 Å². The van der Waals surface area contributed by atoms with Crippen molar-refractivity contribution < 1.29 is 9.59 Å².